The molecule has 1 aromatic rings. The number of nitrogens with zero attached hydrogens (tertiary/aromatic N) is 1. The van der Waals surface area contributed by atoms with Gasteiger partial charge in [0.25, 0.3) is 0 Å². The largest absolute Gasteiger partial charge is 0.352 e. The van der Waals surface area contributed by atoms with Crippen LogP contribution in [0.5, 0.6) is 0 Å². The van der Waals surface area contributed by atoms with E-state index >= 15 is 0 Å². The highest BCUT2D eigenvalue weighted by Gasteiger charge is 2.05. The van der Waals surface area contributed by atoms with Crippen molar-refractivity contribution in [1.29, 1.82) is 0 Å². The Bertz CT molecular complexity index is 486. The summed E-state index contributed by atoms with van der Waals surface area (Å²) in [6, 6.07) is 5.28. The highest BCUT2D eigenvalue weighted by Crippen LogP contribution is 2.17. The molecule has 0 aliphatic carbocycles. The van der Waals surface area contributed by atoms with Crippen LogP contribution in [0.25, 0.3) is 0 Å². The maximum absolute atomic E-state index is 5.90. The Morgan fingerprint density at radius 1 is 0.852 bits per heavy atom. The van der Waals surface area contributed by atoms with Gasteiger partial charge in [-0.15, -0.1) is 0 Å². The summed E-state index contributed by atoms with van der Waals surface area (Å²) in [7, 11) is 0. The second kappa shape index (κ2) is 17.4. The summed E-state index contributed by atoms with van der Waals surface area (Å²) < 4.78 is 20.9. The Labute approximate surface area is 172 Å². The Balaban J connectivity index is 0.000000636. The van der Waals surface area contributed by atoms with Crippen LogP contribution in [0.3, 0.4) is 0 Å². The van der Waals surface area contributed by atoms with E-state index in [2.05, 4.69) is 4.99 Å². The summed E-state index contributed by atoms with van der Waals surface area (Å²) in [5, 5.41) is 1.19. The normalized spacial score (nSPS) is 11.3. The fraction of sp³-hybridized carbons (Fsp3) is 0.632. The van der Waals surface area contributed by atoms with Crippen LogP contribution in [-0.4, -0.2) is 58.3 Å². The first-order valence-electron chi connectivity index (χ1n) is 9.12. The van der Waals surface area contributed by atoms with Crippen molar-refractivity contribution in [2.24, 2.45) is 10.7 Å². The summed E-state index contributed by atoms with van der Waals surface area (Å²) in [4.78, 5) is 4.27. The first-order chi connectivity index (χ1) is 13.0. The summed E-state index contributed by atoms with van der Waals surface area (Å²) in [6.07, 6.45) is 1.20. The van der Waals surface area contributed by atoms with E-state index in [1.165, 1.54) is 0 Å². The molecular formula is C19H32Cl2N2O4. The zero-order valence-electron chi connectivity index (χ0n) is 16.6. The van der Waals surface area contributed by atoms with Crippen LogP contribution in [0.4, 0.5) is 0 Å². The molecule has 8 heteroatoms. The van der Waals surface area contributed by atoms with Crippen LogP contribution in [0.1, 0.15) is 33.3 Å². The quantitative estimate of drug-likeness (QED) is 0.404. The van der Waals surface area contributed by atoms with E-state index in [9.17, 15) is 0 Å². The number of nitrogens with two attached hydrogens (primary N) is 1. The standard InChI is InChI=1S/C13H17Cl2NO2.C6H15NO2/c1-3-17-13(18-4-2)9-16-8-10-5-11(14)7-12(15)6-10;1-3-8-6(5-7)9-4-2/h5-8,13H,3-4,9H2,1-2H3;6H,3-5,7H2,1-2H3. The Kier molecular flexibility index (Phi) is 16.9. The van der Waals surface area contributed by atoms with Gasteiger partial charge in [0.2, 0.25) is 0 Å². The predicted molar refractivity (Wildman–Crippen MR) is 112 cm³/mol. The van der Waals surface area contributed by atoms with Crippen LogP contribution in [-0.2, 0) is 18.9 Å². The Morgan fingerprint density at radius 2 is 1.30 bits per heavy atom. The first-order valence-corrected chi connectivity index (χ1v) is 9.88. The molecule has 0 fully saturated rings. The maximum Gasteiger partial charge on any atom is 0.176 e. The van der Waals surface area contributed by atoms with Gasteiger partial charge < -0.3 is 24.7 Å². The van der Waals surface area contributed by atoms with Crippen molar-refractivity contribution in [3.8, 4) is 0 Å². The molecule has 27 heavy (non-hydrogen) atoms. The number of rotatable bonds is 12. The number of hydrogen-bond donors (Lipinski definition) is 1. The molecule has 0 aliphatic heterocycles. The van der Waals surface area contributed by atoms with Crippen molar-refractivity contribution < 1.29 is 18.9 Å². The Morgan fingerprint density at radius 3 is 1.70 bits per heavy atom. The average Bonchev–Trinajstić information content (AvgIpc) is 2.61. The average molecular weight is 423 g/mol. The fourth-order valence-corrected chi connectivity index (χ4v) is 2.52. The predicted octanol–water partition coefficient (Wildman–Crippen LogP) is 4.16. The van der Waals surface area contributed by atoms with Gasteiger partial charge in [0.1, 0.15) is 0 Å². The first kappa shape index (κ1) is 26.3. The molecule has 1 rings (SSSR count). The molecule has 0 amide bonds. The number of halogens is 2. The van der Waals surface area contributed by atoms with Crippen LogP contribution in [0, 0.1) is 0 Å². The molecule has 0 aromatic heterocycles. The molecule has 1 aromatic carbocycles. The molecule has 6 nitrogen and oxygen atoms in total. The van der Waals surface area contributed by atoms with Gasteiger partial charge in [0.15, 0.2) is 12.6 Å². The van der Waals surface area contributed by atoms with E-state index in [-0.39, 0.29) is 12.6 Å². The molecule has 0 bridgehead atoms. The van der Waals surface area contributed by atoms with Gasteiger partial charge in [-0.2, -0.15) is 0 Å². The molecular weight excluding hydrogens is 391 g/mol. The van der Waals surface area contributed by atoms with Gasteiger partial charge >= 0.3 is 0 Å². The van der Waals surface area contributed by atoms with Crippen molar-refractivity contribution in [2.45, 2.75) is 40.3 Å². The molecule has 0 spiro atoms. The number of ether oxygens (including phenoxy) is 4. The molecule has 0 atom stereocenters. The minimum atomic E-state index is -0.300. The summed E-state index contributed by atoms with van der Waals surface area (Å²) in [5.41, 5.74) is 6.16. The third-order valence-corrected chi connectivity index (χ3v) is 3.42. The third-order valence-electron chi connectivity index (χ3n) is 2.98. The SMILES string of the molecule is CCOC(CN)OCC.CCOC(CN=Cc1cc(Cl)cc(Cl)c1)OCC. The minimum Gasteiger partial charge on any atom is -0.352 e. The van der Waals surface area contributed by atoms with E-state index in [0.717, 1.165) is 5.56 Å². The fourth-order valence-electron chi connectivity index (χ4n) is 1.98. The monoisotopic (exact) mass is 422 g/mol. The van der Waals surface area contributed by atoms with Crippen molar-refractivity contribution in [3.05, 3.63) is 33.8 Å². The van der Waals surface area contributed by atoms with E-state index in [1.54, 1.807) is 24.4 Å². The number of aliphatic imine (C=N–C) groups is 1. The molecule has 0 saturated carbocycles. The van der Waals surface area contributed by atoms with Crippen molar-refractivity contribution >= 4 is 29.4 Å². The molecule has 2 N–H and O–H groups in total. The second-order valence-electron chi connectivity index (χ2n) is 5.11. The van der Waals surface area contributed by atoms with E-state index < -0.39 is 0 Å². The smallest absolute Gasteiger partial charge is 0.176 e. The van der Waals surface area contributed by atoms with Gasteiger partial charge in [-0.25, -0.2) is 0 Å². The highest BCUT2D eigenvalue weighted by atomic mass is 35.5. The van der Waals surface area contributed by atoms with Gasteiger partial charge in [-0.1, -0.05) is 23.2 Å². The van der Waals surface area contributed by atoms with Crippen LogP contribution < -0.4 is 5.73 Å². The van der Waals surface area contributed by atoms with Crippen LogP contribution in [0.15, 0.2) is 23.2 Å². The van der Waals surface area contributed by atoms with E-state index in [1.807, 2.05) is 27.7 Å². The molecule has 0 heterocycles. The Hall–Kier alpha value is -0.730. The molecule has 0 radical (unpaired) electrons. The van der Waals surface area contributed by atoms with Gasteiger partial charge in [-0.05, 0) is 51.5 Å². The molecule has 0 unspecified atom stereocenters. The lowest BCUT2D eigenvalue weighted by Gasteiger charge is -2.14. The topological polar surface area (TPSA) is 75.3 Å². The van der Waals surface area contributed by atoms with E-state index in [0.29, 0.717) is 49.6 Å². The van der Waals surface area contributed by atoms with E-state index in [4.69, 9.17) is 47.9 Å². The number of benzene rings is 1. The minimum absolute atomic E-state index is 0.208. The highest BCUT2D eigenvalue weighted by molar-refractivity contribution is 6.35. The van der Waals surface area contributed by atoms with Gasteiger partial charge in [0, 0.05) is 49.2 Å². The van der Waals surface area contributed by atoms with Gasteiger partial charge in [-0.3, -0.25) is 4.99 Å². The lowest BCUT2D eigenvalue weighted by Crippen LogP contribution is -2.26. The van der Waals surface area contributed by atoms with Crippen LogP contribution >= 0.6 is 23.2 Å². The maximum atomic E-state index is 5.90. The molecule has 0 aliphatic rings. The molecule has 156 valence electrons. The van der Waals surface area contributed by atoms with Crippen LogP contribution in [0.2, 0.25) is 10.0 Å². The lowest BCUT2D eigenvalue weighted by molar-refractivity contribution is -0.128. The zero-order valence-corrected chi connectivity index (χ0v) is 18.1. The third kappa shape index (κ3) is 14.0. The summed E-state index contributed by atoms with van der Waals surface area (Å²) >= 11 is 11.8. The lowest BCUT2D eigenvalue weighted by atomic mass is 10.2. The van der Waals surface area contributed by atoms with Gasteiger partial charge in [0.05, 0.1) is 6.54 Å². The zero-order chi connectivity index (χ0) is 20.5. The van der Waals surface area contributed by atoms with Crippen molar-refractivity contribution in [3.63, 3.8) is 0 Å². The molecule has 0 saturated heterocycles. The summed E-state index contributed by atoms with van der Waals surface area (Å²) in [5.74, 6) is 0. The van der Waals surface area contributed by atoms with Crippen molar-refractivity contribution in [2.75, 3.05) is 39.5 Å². The summed E-state index contributed by atoms with van der Waals surface area (Å²) in [6.45, 7) is 11.1. The number of hydrogen-bond acceptors (Lipinski definition) is 6. The second-order valence-corrected chi connectivity index (χ2v) is 5.99. The van der Waals surface area contributed by atoms with Crippen molar-refractivity contribution in [1.82, 2.24) is 0 Å².